The van der Waals surface area contributed by atoms with Crippen LogP contribution in [0.4, 0.5) is 0 Å². The van der Waals surface area contributed by atoms with Crippen molar-refractivity contribution in [1.29, 1.82) is 0 Å². The predicted octanol–water partition coefficient (Wildman–Crippen LogP) is 2.19. The molecule has 0 radical (unpaired) electrons. The van der Waals surface area contributed by atoms with Crippen LogP contribution in [0.1, 0.15) is 34.1 Å². The van der Waals surface area contributed by atoms with Gasteiger partial charge in [0.2, 0.25) is 0 Å². The van der Waals surface area contributed by atoms with Crippen LogP contribution in [-0.4, -0.2) is 74.2 Å². The minimum atomic E-state index is -0.391. The molecule has 6 nitrogen and oxygen atoms in total. The van der Waals surface area contributed by atoms with E-state index in [1.807, 2.05) is 0 Å². The third kappa shape index (κ3) is 5.55. The van der Waals surface area contributed by atoms with Gasteiger partial charge in [-0.1, -0.05) is 39.8 Å². The van der Waals surface area contributed by atoms with Crippen molar-refractivity contribution in [3.63, 3.8) is 0 Å². The Balaban J connectivity index is 1.87. The molecular formula is C21H36N2O4. The lowest BCUT2D eigenvalue weighted by molar-refractivity contribution is -0.161. The van der Waals surface area contributed by atoms with Crippen LogP contribution >= 0.6 is 0 Å². The Morgan fingerprint density at radius 2 is 1.15 bits per heavy atom. The summed E-state index contributed by atoms with van der Waals surface area (Å²) in [7, 11) is 0. The first kappa shape index (κ1) is 21.9. The van der Waals surface area contributed by atoms with Crippen molar-refractivity contribution < 1.29 is 19.1 Å². The van der Waals surface area contributed by atoms with E-state index >= 15 is 0 Å². The fourth-order valence-corrected chi connectivity index (χ4v) is 4.29. The SMILES string of the molecule is CCN(CC)CCOC(=O)C1C2C=CC(C2)C1C(=O)OCCN(CC)CC. The lowest BCUT2D eigenvalue weighted by Gasteiger charge is -2.26. The Kier molecular flexibility index (Phi) is 8.77. The zero-order valence-corrected chi connectivity index (χ0v) is 17.4. The highest BCUT2D eigenvalue weighted by Crippen LogP contribution is 2.49. The van der Waals surface area contributed by atoms with Gasteiger partial charge in [0, 0.05) is 13.1 Å². The highest BCUT2D eigenvalue weighted by Gasteiger charge is 2.53. The molecular weight excluding hydrogens is 344 g/mol. The fourth-order valence-electron chi connectivity index (χ4n) is 4.29. The van der Waals surface area contributed by atoms with Crippen LogP contribution in [0.25, 0.3) is 0 Å². The average molecular weight is 381 g/mol. The first-order chi connectivity index (χ1) is 13.0. The van der Waals surface area contributed by atoms with Crippen molar-refractivity contribution in [2.45, 2.75) is 34.1 Å². The van der Waals surface area contributed by atoms with Gasteiger partial charge in [-0.25, -0.2) is 0 Å². The van der Waals surface area contributed by atoms with Gasteiger partial charge in [0.25, 0.3) is 0 Å². The molecule has 0 saturated heterocycles. The molecule has 6 heteroatoms. The van der Waals surface area contributed by atoms with Crippen LogP contribution in [-0.2, 0) is 19.1 Å². The number of hydrogen-bond acceptors (Lipinski definition) is 6. The van der Waals surface area contributed by atoms with Gasteiger partial charge < -0.3 is 19.3 Å². The van der Waals surface area contributed by atoms with Gasteiger partial charge in [0.1, 0.15) is 13.2 Å². The Morgan fingerprint density at radius 3 is 1.48 bits per heavy atom. The average Bonchev–Trinajstić information content (AvgIpc) is 3.30. The molecule has 0 spiro atoms. The topological polar surface area (TPSA) is 59.1 Å². The van der Waals surface area contributed by atoms with Crippen LogP contribution in [0.2, 0.25) is 0 Å². The van der Waals surface area contributed by atoms with Crippen LogP contribution in [0.3, 0.4) is 0 Å². The van der Waals surface area contributed by atoms with Crippen molar-refractivity contribution in [3.05, 3.63) is 12.2 Å². The van der Waals surface area contributed by atoms with E-state index in [4.69, 9.17) is 9.47 Å². The van der Waals surface area contributed by atoms with Gasteiger partial charge in [-0.15, -0.1) is 0 Å². The summed E-state index contributed by atoms with van der Waals surface area (Å²) in [5.74, 6) is -1.06. The number of carbonyl (C=O) groups excluding carboxylic acids is 2. The lowest BCUT2D eigenvalue weighted by Crippen LogP contribution is -2.37. The number of rotatable bonds is 12. The maximum Gasteiger partial charge on any atom is 0.310 e. The molecule has 2 aliphatic rings. The molecule has 0 aliphatic heterocycles. The van der Waals surface area contributed by atoms with Gasteiger partial charge in [-0.2, -0.15) is 0 Å². The first-order valence-corrected chi connectivity index (χ1v) is 10.5. The zero-order chi connectivity index (χ0) is 19.8. The summed E-state index contributed by atoms with van der Waals surface area (Å²) < 4.78 is 11.1. The summed E-state index contributed by atoms with van der Waals surface area (Å²) in [6.45, 7) is 14.3. The second-order valence-electron chi connectivity index (χ2n) is 7.39. The van der Waals surface area contributed by atoms with Crippen LogP contribution < -0.4 is 0 Å². The molecule has 0 heterocycles. The van der Waals surface area contributed by atoms with Crippen molar-refractivity contribution in [3.8, 4) is 0 Å². The van der Waals surface area contributed by atoms with E-state index < -0.39 is 11.8 Å². The molecule has 4 atom stereocenters. The molecule has 154 valence electrons. The molecule has 0 N–H and O–H groups in total. The van der Waals surface area contributed by atoms with Gasteiger partial charge in [-0.05, 0) is 44.4 Å². The standard InChI is InChI=1S/C21H36N2O4/c1-5-22(6-2)11-13-26-20(24)18-16-9-10-17(15-16)19(18)21(25)27-14-12-23(7-3)8-4/h9-10,16-19H,5-8,11-15H2,1-4H3. The van der Waals surface area contributed by atoms with E-state index in [9.17, 15) is 9.59 Å². The molecule has 2 bridgehead atoms. The molecule has 0 aromatic rings. The first-order valence-electron chi connectivity index (χ1n) is 10.5. The summed E-state index contributed by atoms with van der Waals surface area (Å²) >= 11 is 0. The summed E-state index contributed by atoms with van der Waals surface area (Å²) in [5, 5.41) is 0. The van der Waals surface area contributed by atoms with Gasteiger partial charge in [0.05, 0.1) is 11.8 Å². The Morgan fingerprint density at radius 1 is 0.778 bits per heavy atom. The number of carbonyl (C=O) groups is 2. The molecule has 1 saturated carbocycles. The maximum absolute atomic E-state index is 12.7. The largest absolute Gasteiger partial charge is 0.464 e. The van der Waals surface area contributed by atoms with Crippen molar-refractivity contribution in [2.75, 3.05) is 52.5 Å². The van der Waals surface area contributed by atoms with E-state index in [0.717, 1.165) is 45.7 Å². The molecule has 0 aromatic heterocycles. The van der Waals surface area contributed by atoms with E-state index in [-0.39, 0.29) is 23.8 Å². The van der Waals surface area contributed by atoms with Gasteiger partial charge >= 0.3 is 11.9 Å². The molecule has 2 aliphatic carbocycles. The van der Waals surface area contributed by atoms with Crippen molar-refractivity contribution >= 4 is 11.9 Å². The summed E-state index contributed by atoms with van der Waals surface area (Å²) in [4.78, 5) is 29.8. The second-order valence-corrected chi connectivity index (χ2v) is 7.39. The maximum atomic E-state index is 12.7. The van der Waals surface area contributed by atoms with E-state index in [2.05, 4.69) is 49.6 Å². The highest BCUT2D eigenvalue weighted by molar-refractivity contribution is 5.84. The number of nitrogens with zero attached hydrogens (tertiary/aromatic N) is 2. The van der Waals surface area contributed by atoms with Crippen molar-refractivity contribution in [2.24, 2.45) is 23.7 Å². The summed E-state index contributed by atoms with van der Waals surface area (Å²) in [6, 6.07) is 0. The third-order valence-corrected chi connectivity index (χ3v) is 6.10. The normalized spacial score (nSPS) is 26.1. The Hall–Kier alpha value is -1.40. The second kappa shape index (κ2) is 10.8. The van der Waals surface area contributed by atoms with Crippen LogP contribution in [0.5, 0.6) is 0 Å². The smallest absolute Gasteiger partial charge is 0.310 e. The van der Waals surface area contributed by atoms with Gasteiger partial charge in [-0.3, -0.25) is 9.59 Å². The number of fused-ring (bicyclic) bond motifs is 2. The number of allylic oxidation sites excluding steroid dienone is 2. The molecule has 1 fully saturated rings. The summed E-state index contributed by atoms with van der Waals surface area (Å²) in [6.07, 6.45) is 4.99. The number of ether oxygens (including phenoxy) is 2. The van der Waals surface area contributed by atoms with E-state index in [1.165, 1.54) is 0 Å². The quantitative estimate of drug-likeness (QED) is 0.382. The fraction of sp³-hybridized carbons (Fsp3) is 0.810. The van der Waals surface area contributed by atoms with Crippen molar-refractivity contribution in [1.82, 2.24) is 9.80 Å². The Bertz CT molecular complexity index is 470. The molecule has 2 rings (SSSR count). The Labute approximate surface area is 163 Å². The van der Waals surface area contributed by atoms with E-state index in [0.29, 0.717) is 13.2 Å². The van der Waals surface area contributed by atoms with Crippen LogP contribution in [0, 0.1) is 23.7 Å². The summed E-state index contributed by atoms with van der Waals surface area (Å²) in [5.41, 5.74) is 0. The number of likely N-dealkylation sites (N-methyl/N-ethyl adjacent to an activating group) is 2. The molecule has 27 heavy (non-hydrogen) atoms. The minimum absolute atomic E-state index is 0.108. The molecule has 0 aromatic carbocycles. The lowest BCUT2D eigenvalue weighted by atomic mass is 9.83. The zero-order valence-electron chi connectivity index (χ0n) is 17.4. The van der Waals surface area contributed by atoms with E-state index in [1.54, 1.807) is 0 Å². The number of esters is 2. The predicted molar refractivity (Wildman–Crippen MR) is 105 cm³/mol. The van der Waals surface area contributed by atoms with Crippen LogP contribution in [0.15, 0.2) is 12.2 Å². The molecule has 4 unspecified atom stereocenters. The minimum Gasteiger partial charge on any atom is -0.464 e. The van der Waals surface area contributed by atoms with Gasteiger partial charge in [0.15, 0.2) is 0 Å². The number of hydrogen-bond donors (Lipinski definition) is 0. The highest BCUT2D eigenvalue weighted by atomic mass is 16.5. The third-order valence-electron chi connectivity index (χ3n) is 6.10. The monoisotopic (exact) mass is 380 g/mol. The molecule has 0 amide bonds.